The molecule has 7 nitrogen and oxygen atoms in total. The molecular formula is C14H25N3O4S. The van der Waals surface area contributed by atoms with Crippen LogP contribution in [0, 0.1) is 5.41 Å². The average Bonchev–Trinajstić information content (AvgIpc) is 2.90. The second-order valence-corrected chi connectivity index (χ2v) is 7.65. The number of carbonyl (C=O) groups excluding carboxylic acids is 1. The Hall–Kier alpha value is -0.830. The van der Waals surface area contributed by atoms with Crippen LogP contribution in [-0.4, -0.2) is 62.9 Å². The van der Waals surface area contributed by atoms with Crippen LogP contribution in [0.4, 0.5) is 0 Å². The molecule has 126 valence electrons. The van der Waals surface area contributed by atoms with Crippen LogP contribution in [0.3, 0.4) is 0 Å². The van der Waals surface area contributed by atoms with Gasteiger partial charge in [0.15, 0.2) is 0 Å². The molecule has 0 aromatic carbocycles. The summed E-state index contributed by atoms with van der Waals surface area (Å²) >= 11 is 0.766. The van der Waals surface area contributed by atoms with E-state index in [1.807, 2.05) is 0 Å². The summed E-state index contributed by atoms with van der Waals surface area (Å²) in [6, 6.07) is 0. The monoisotopic (exact) mass is 331 g/mol. The van der Waals surface area contributed by atoms with E-state index < -0.39 is 22.5 Å². The molecule has 0 radical (unpaired) electrons. The summed E-state index contributed by atoms with van der Waals surface area (Å²) in [5.74, 6) is -0.569. The van der Waals surface area contributed by atoms with Crippen molar-refractivity contribution in [3.63, 3.8) is 0 Å². The number of aliphatic carboxylic acids is 1. The Morgan fingerprint density at radius 2 is 2.09 bits per heavy atom. The molecule has 2 aliphatic rings. The molecule has 2 unspecified atom stereocenters. The molecule has 2 fully saturated rings. The SMILES string of the molecule is CC(C)(N)C(=O)N1CC2(CCCSO)CCNC2(C(=O)O)C1. The van der Waals surface area contributed by atoms with Crippen molar-refractivity contribution in [1.29, 1.82) is 0 Å². The molecular weight excluding hydrogens is 306 g/mol. The zero-order valence-electron chi connectivity index (χ0n) is 13.1. The van der Waals surface area contributed by atoms with E-state index in [0.29, 0.717) is 38.1 Å². The molecule has 0 bridgehead atoms. The molecule has 8 heteroatoms. The minimum absolute atomic E-state index is 0.147. The zero-order chi connectivity index (χ0) is 16.6. The van der Waals surface area contributed by atoms with Gasteiger partial charge < -0.3 is 20.3 Å². The van der Waals surface area contributed by atoms with E-state index in [-0.39, 0.29) is 12.5 Å². The van der Waals surface area contributed by atoms with Crippen molar-refractivity contribution < 1.29 is 19.2 Å². The first-order valence-electron chi connectivity index (χ1n) is 7.52. The third-order valence-electron chi connectivity index (χ3n) is 4.95. The molecule has 0 aromatic rings. The number of amides is 1. The van der Waals surface area contributed by atoms with Gasteiger partial charge in [-0.05, 0) is 51.7 Å². The van der Waals surface area contributed by atoms with Crippen LogP contribution in [0.2, 0.25) is 0 Å². The van der Waals surface area contributed by atoms with Gasteiger partial charge in [-0.3, -0.25) is 14.9 Å². The first-order valence-corrected chi connectivity index (χ1v) is 8.46. The lowest BCUT2D eigenvalue weighted by molar-refractivity contribution is -0.147. The number of nitrogens with two attached hydrogens (primary N) is 1. The predicted octanol–water partition coefficient (Wildman–Crippen LogP) is 0.355. The molecule has 0 aromatic heterocycles. The second kappa shape index (κ2) is 5.99. The summed E-state index contributed by atoms with van der Waals surface area (Å²) in [5, 5.41) is 12.9. The molecule has 0 saturated carbocycles. The van der Waals surface area contributed by atoms with Gasteiger partial charge in [0.2, 0.25) is 5.91 Å². The Morgan fingerprint density at radius 3 is 2.64 bits per heavy atom. The highest BCUT2D eigenvalue weighted by Crippen LogP contribution is 2.50. The largest absolute Gasteiger partial charge is 0.480 e. The van der Waals surface area contributed by atoms with Crippen molar-refractivity contribution in [3.8, 4) is 0 Å². The molecule has 0 spiro atoms. The van der Waals surface area contributed by atoms with Crippen LogP contribution in [0.15, 0.2) is 0 Å². The number of likely N-dealkylation sites (tertiary alicyclic amines) is 1. The normalized spacial score (nSPS) is 31.4. The molecule has 5 N–H and O–H groups in total. The summed E-state index contributed by atoms with van der Waals surface area (Å²) < 4.78 is 8.90. The fourth-order valence-corrected chi connectivity index (χ4v) is 4.15. The minimum atomic E-state index is -1.10. The fourth-order valence-electron chi connectivity index (χ4n) is 3.87. The Balaban J connectivity index is 2.28. The molecule has 1 amide bonds. The van der Waals surface area contributed by atoms with E-state index in [9.17, 15) is 14.7 Å². The van der Waals surface area contributed by atoms with Crippen molar-refractivity contribution >= 4 is 23.9 Å². The molecule has 2 rings (SSSR count). The van der Waals surface area contributed by atoms with Gasteiger partial charge >= 0.3 is 5.97 Å². The van der Waals surface area contributed by atoms with Crippen LogP contribution in [-0.2, 0) is 9.59 Å². The molecule has 2 aliphatic heterocycles. The van der Waals surface area contributed by atoms with E-state index in [1.54, 1.807) is 18.7 Å². The topological polar surface area (TPSA) is 116 Å². The number of fused-ring (bicyclic) bond motifs is 1. The number of carbonyl (C=O) groups is 2. The molecule has 2 heterocycles. The van der Waals surface area contributed by atoms with Crippen molar-refractivity contribution in [2.24, 2.45) is 11.1 Å². The fraction of sp³-hybridized carbons (Fsp3) is 0.857. The first kappa shape index (κ1) is 17.5. The van der Waals surface area contributed by atoms with Gasteiger partial charge in [-0.25, -0.2) is 0 Å². The highest BCUT2D eigenvalue weighted by Gasteiger charge is 2.65. The van der Waals surface area contributed by atoms with E-state index in [4.69, 9.17) is 10.3 Å². The van der Waals surface area contributed by atoms with Crippen molar-refractivity contribution in [2.45, 2.75) is 44.2 Å². The second-order valence-electron chi connectivity index (χ2n) is 6.99. The summed E-state index contributed by atoms with van der Waals surface area (Å²) in [6.45, 7) is 4.46. The van der Waals surface area contributed by atoms with Gasteiger partial charge in [0.25, 0.3) is 0 Å². The smallest absolute Gasteiger partial charge is 0.326 e. The Morgan fingerprint density at radius 1 is 1.41 bits per heavy atom. The van der Waals surface area contributed by atoms with Crippen molar-refractivity contribution in [1.82, 2.24) is 10.2 Å². The number of rotatable bonds is 6. The highest BCUT2D eigenvalue weighted by molar-refractivity contribution is 7.93. The minimum Gasteiger partial charge on any atom is -0.480 e. The Kier molecular flexibility index (Phi) is 4.77. The summed E-state index contributed by atoms with van der Waals surface area (Å²) in [5.41, 5.74) is 3.29. The lowest BCUT2D eigenvalue weighted by atomic mass is 9.70. The average molecular weight is 331 g/mol. The summed E-state index contributed by atoms with van der Waals surface area (Å²) in [4.78, 5) is 26.0. The number of nitrogens with zero attached hydrogens (tertiary/aromatic N) is 1. The quantitative estimate of drug-likeness (QED) is 0.410. The van der Waals surface area contributed by atoms with E-state index in [2.05, 4.69) is 5.32 Å². The number of hydrogen-bond acceptors (Lipinski definition) is 6. The Bertz CT molecular complexity index is 467. The summed E-state index contributed by atoms with van der Waals surface area (Å²) in [6.07, 6.45) is 2.09. The molecule has 2 saturated heterocycles. The number of carboxylic acids is 1. The van der Waals surface area contributed by atoms with Gasteiger partial charge in [-0.2, -0.15) is 0 Å². The van der Waals surface area contributed by atoms with E-state index in [1.165, 1.54) is 0 Å². The number of hydrogen-bond donors (Lipinski definition) is 4. The van der Waals surface area contributed by atoms with Gasteiger partial charge in [0.1, 0.15) is 5.54 Å². The van der Waals surface area contributed by atoms with Crippen LogP contribution in [0.5, 0.6) is 0 Å². The van der Waals surface area contributed by atoms with Gasteiger partial charge in [-0.15, -0.1) is 0 Å². The third kappa shape index (κ3) is 2.73. The van der Waals surface area contributed by atoms with Gasteiger partial charge in [-0.1, -0.05) is 0 Å². The molecule has 2 atom stereocenters. The standard InChI is InChI=1S/C14H25N3O4S/c1-12(2,15)10(18)17-8-13(4-3-7-22-21)5-6-16-14(13,9-17)11(19)20/h16,21H,3-9,15H2,1-2H3,(H,19,20). The maximum absolute atomic E-state index is 12.5. The molecule has 22 heavy (non-hydrogen) atoms. The Labute approximate surface area is 134 Å². The highest BCUT2D eigenvalue weighted by atomic mass is 32.2. The van der Waals surface area contributed by atoms with Crippen LogP contribution in [0.1, 0.15) is 33.1 Å². The van der Waals surface area contributed by atoms with Crippen LogP contribution < -0.4 is 11.1 Å². The third-order valence-corrected chi connectivity index (χ3v) is 5.42. The van der Waals surface area contributed by atoms with Crippen LogP contribution in [0.25, 0.3) is 0 Å². The van der Waals surface area contributed by atoms with E-state index in [0.717, 1.165) is 12.0 Å². The number of nitrogens with one attached hydrogen (secondary N) is 1. The van der Waals surface area contributed by atoms with Crippen molar-refractivity contribution in [3.05, 3.63) is 0 Å². The first-order chi connectivity index (χ1) is 10.2. The van der Waals surface area contributed by atoms with Gasteiger partial charge in [0, 0.05) is 17.7 Å². The van der Waals surface area contributed by atoms with Crippen LogP contribution >= 0.6 is 12.0 Å². The van der Waals surface area contributed by atoms with E-state index >= 15 is 0 Å². The number of carboxylic acid groups (broad SMARTS) is 1. The summed E-state index contributed by atoms with van der Waals surface area (Å²) in [7, 11) is 0. The lowest BCUT2D eigenvalue weighted by Gasteiger charge is -2.35. The van der Waals surface area contributed by atoms with Crippen molar-refractivity contribution in [2.75, 3.05) is 25.4 Å². The molecule has 0 aliphatic carbocycles. The predicted molar refractivity (Wildman–Crippen MR) is 84.6 cm³/mol. The lowest BCUT2D eigenvalue weighted by Crippen LogP contribution is -2.59. The maximum atomic E-state index is 12.5. The zero-order valence-corrected chi connectivity index (χ0v) is 13.9. The maximum Gasteiger partial charge on any atom is 0.326 e. The van der Waals surface area contributed by atoms with Gasteiger partial charge in [0.05, 0.1) is 12.1 Å².